The van der Waals surface area contributed by atoms with Gasteiger partial charge in [-0.1, -0.05) is 35.9 Å². The van der Waals surface area contributed by atoms with Crippen LogP contribution in [-0.2, 0) is 25.4 Å². The molecular weight excluding hydrogens is 480 g/mol. The average molecular weight is 509 g/mol. The molecule has 2 aliphatic heterocycles. The minimum absolute atomic E-state index is 0.0683. The van der Waals surface area contributed by atoms with E-state index in [-0.39, 0.29) is 12.7 Å². The lowest BCUT2D eigenvalue weighted by Crippen LogP contribution is -2.55. The monoisotopic (exact) mass is 508 g/mol. The van der Waals surface area contributed by atoms with E-state index in [1.54, 1.807) is 18.2 Å². The topological polar surface area (TPSA) is 135 Å². The third-order valence-corrected chi connectivity index (χ3v) is 6.53. The molecule has 0 saturated carbocycles. The van der Waals surface area contributed by atoms with Crippen LogP contribution in [0.15, 0.2) is 42.5 Å². The number of ether oxygens (including phenoxy) is 4. The molecular formula is C25H29ClO9. The van der Waals surface area contributed by atoms with E-state index in [1.165, 1.54) is 0 Å². The van der Waals surface area contributed by atoms with Gasteiger partial charge in [0.05, 0.1) is 13.2 Å². The fourth-order valence-electron chi connectivity index (χ4n) is 4.20. The van der Waals surface area contributed by atoms with Crippen molar-refractivity contribution in [2.75, 3.05) is 26.4 Å². The fourth-order valence-corrected chi connectivity index (χ4v) is 4.38. The highest BCUT2D eigenvalue weighted by Gasteiger charge is 2.44. The lowest BCUT2D eigenvalue weighted by molar-refractivity contribution is -0.234. The summed E-state index contributed by atoms with van der Waals surface area (Å²) in [5.74, 6) is -0.122. The SMILES string of the molecule is O=C(CO)OC[C@H]1O[C@@H](c2ccc(Cl)c(Cc3ccc(O[C@@H]4CCOC4)cc3)c2)[C@H](O)[C@@H](O)[C@@H]1O. The second-order valence-electron chi connectivity index (χ2n) is 8.68. The summed E-state index contributed by atoms with van der Waals surface area (Å²) in [4.78, 5) is 11.3. The summed E-state index contributed by atoms with van der Waals surface area (Å²) in [6.45, 7) is 0.0972. The van der Waals surface area contributed by atoms with Crippen LogP contribution in [0.5, 0.6) is 5.75 Å². The van der Waals surface area contributed by atoms with Gasteiger partial charge in [0, 0.05) is 11.4 Å². The second kappa shape index (κ2) is 11.7. The van der Waals surface area contributed by atoms with Crippen LogP contribution in [0.25, 0.3) is 0 Å². The normalized spacial score (nSPS) is 28.6. The maximum atomic E-state index is 11.3. The Morgan fingerprint density at radius 2 is 1.83 bits per heavy atom. The van der Waals surface area contributed by atoms with Crippen LogP contribution in [0, 0.1) is 0 Å². The lowest BCUT2D eigenvalue weighted by Gasteiger charge is -2.40. The summed E-state index contributed by atoms with van der Waals surface area (Å²) in [7, 11) is 0. The summed E-state index contributed by atoms with van der Waals surface area (Å²) in [5.41, 5.74) is 2.32. The van der Waals surface area contributed by atoms with E-state index in [4.69, 9.17) is 35.7 Å². The maximum Gasteiger partial charge on any atom is 0.331 e. The van der Waals surface area contributed by atoms with Gasteiger partial charge in [0.15, 0.2) is 0 Å². The molecule has 4 N–H and O–H groups in total. The molecule has 10 heteroatoms. The van der Waals surface area contributed by atoms with Crippen LogP contribution in [0.1, 0.15) is 29.2 Å². The smallest absolute Gasteiger partial charge is 0.331 e. The van der Waals surface area contributed by atoms with E-state index in [9.17, 15) is 20.1 Å². The van der Waals surface area contributed by atoms with Gasteiger partial charge in [-0.2, -0.15) is 0 Å². The van der Waals surface area contributed by atoms with Crippen LogP contribution < -0.4 is 4.74 Å². The zero-order valence-corrected chi connectivity index (χ0v) is 19.7. The van der Waals surface area contributed by atoms with Crippen LogP contribution in [0.2, 0.25) is 5.02 Å². The Morgan fingerprint density at radius 3 is 2.51 bits per heavy atom. The van der Waals surface area contributed by atoms with E-state index >= 15 is 0 Å². The molecule has 6 atom stereocenters. The third kappa shape index (κ3) is 6.31. The van der Waals surface area contributed by atoms with Gasteiger partial charge in [-0.25, -0.2) is 4.79 Å². The Labute approximate surface area is 207 Å². The quantitative estimate of drug-likeness (QED) is 0.387. The number of hydrogen-bond donors (Lipinski definition) is 4. The first-order valence-corrected chi connectivity index (χ1v) is 11.8. The number of halogens is 1. The van der Waals surface area contributed by atoms with Crippen molar-refractivity contribution in [3.63, 3.8) is 0 Å². The molecule has 35 heavy (non-hydrogen) atoms. The summed E-state index contributed by atoms with van der Waals surface area (Å²) >= 11 is 6.43. The van der Waals surface area contributed by atoms with Crippen molar-refractivity contribution >= 4 is 17.6 Å². The summed E-state index contributed by atoms with van der Waals surface area (Å²) in [6, 6.07) is 12.8. The molecule has 0 aliphatic carbocycles. The van der Waals surface area contributed by atoms with Crippen LogP contribution >= 0.6 is 11.6 Å². The van der Waals surface area contributed by atoms with Crippen LogP contribution in [0.3, 0.4) is 0 Å². The first kappa shape index (κ1) is 25.8. The first-order valence-electron chi connectivity index (χ1n) is 11.4. The number of carbonyl (C=O) groups is 1. The van der Waals surface area contributed by atoms with Crippen molar-refractivity contribution in [2.24, 2.45) is 0 Å². The predicted molar refractivity (Wildman–Crippen MR) is 124 cm³/mol. The summed E-state index contributed by atoms with van der Waals surface area (Å²) < 4.78 is 21.9. The number of esters is 1. The number of carbonyl (C=O) groups excluding carboxylic acids is 1. The van der Waals surface area contributed by atoms with Gasteiger partial charge >= 0.3 is 5.97 Å². The number of hydrogen-bond acceptors (Lipinski definition) is 9. The first-order chi connectivity index (χ1) is 16.9. The van der Waals surface area contributed by atoms with E-state index in [2.05, 4.69) is 0 Å². The molecule has 2 aromatic carbocycles. The Bertz CT molecular complexity index is 993. The summed E-state index contributed by atoms with van der Waals surface area (Å²) in [5, 5.41) is 40.5. The van der Waals surface area contributed by atoms with E-state index in [0.29, 0.717) is 30.2 Å². The lowest BCUT2D eigenvalue weighted by atomic mass is 9.90. The molecule has 0 unspecified atom stereocenters. The fraction of sp³-hybridized carbons (Fsp3) is 0.480. The zero-order chi connectivity index (χ0) is 24.9. The summed E-state index contributed by atoms with van der Waals surface area (Å²) in [6.07, 6.45) is -5.06. The van der Waals surface area contributed by atoms with Crippen molar-refractivity contribution in [1.82, 2.24) is 0 Å². The van der Waals surface area contributed by atoms with Gasteiger partial charge in [-0.3, -0.25) is 0 Å². The van der Waals surface area contributed by atoms with Crippen molar-refractivity contribution < 1.29 is 44.2 Å². The van der Waals surface area contributed by atoms with Crippen molar-refractivity contribution in [3.05, 3.63) is 64.2 Å². The van der Waals surface area contributed by atoms with Gasteiger partial charge in [0.25, 0.3) is 0 Å². The van der Waals surface area contributed by atoms with Crippen LogP contribution in [0.4, 0.5) is 0 Å². The largest absolute Gasteiger partial charge is 0.488 e. The highest BCUT2D eigenvalue weighted by molar-refractivity contribution is 6.31. The highest BCUT2D eigenvalue weighted by atomic mass is 35.5. The molecule has 2 fully saturated rings. The van der Waals surface area contributed by atoms with Gasteiger partial charge in [-0.05, 0) is 41.3 Å². The average Bonchev–Trinajstić information content (AvgIpc) is 3.37. The van der Waals surface area contributed by atoms with Crippen molar-refractivity contribution in [3.8, 4) is 5.75 Å². The third-order valence-electron chi connectivity index (χ3n) is 6.16. The molecule has 2 heterocycles. The molecule has 0 spiro atoms. The van der Waals surface area contributed by atoms with Gasteiger partial charge < -0.3 is 39.4 Å². The van der Waals surface area contributed by atoms with Crippen molar-refractivity contribution in [2.45, 2.75) is 49.5 Å². The number of aliphatic hydroxyl groups excluding tert-OH is 4. The molecule has 4 rings (SSSR count). The van der Waals surface area contributed by atoms with Gasteiger partial charge in [0.2, 0.25) is 0 Å². The van der Waals surface area contributed by atoms with E-state index in [1.807, 2.05) is 24.3 Å². The molecule has 2 aliphatic rings. The molecule has 2 aromatic rings. The minimum Gasteiger partial charge on any atom is -0.488 e. The molecule has 2 saturated heterocycles. The minimum atomic E-state index is -1.52. The Hall–Kier alpha value is -2.24. The standard InChI is InChI=1S/C25H29ClO9/c26-19-6-3-15(25-24(31)23(30)22(29)20(35-25)13-33-21(28)11-27)10-16(19)9-14-1-4-17(5-2-14)34-18-7-8-32-12-18/h1-6,10,18,20,22-25,27,29-31H,7-9,11-13H2/t18-,20-,22-,23+,24-,25+/m1/s1. The molecule has 0 aromatic heterocycles. The zero-order valence-electron chi connectivity index (χ0n) is 19.0. The number of aliphatic hydroxyl groups is 4. The number of rotatable bonds is 8. The molecule has 190 valence electrons. The molecule has 0 radical (unpaired) electrons. The van der Waals surface area contributed by atoms with Crippen LogP contribution in [-0.4, -0.2) is 83.3 Å². The van der Waals surface area contributed by atoms with E-state index < -0.39 is 43.1 Å². The second-order valence-corrected chi connectivity index (χ2v) is 9.09. The Morgan fingerprint density at radius 1 is 1.06 bits per heavy atom. The van der Waals surface area contributed by atoms with Gasteiger partial charge in [0.1, 0.15) is 55.6 Å². The molecule has 0 amide bonds. The van der Waals surface area contributed by atoms with Gasteiger partial charge in [-0.15, -0.1) is 0 Å². The predicted octanol–water partition coefficient (Wildman–Crippen LogP) is 1.16. The molecule has 0 bridgehead atoms. The maximum absolute atomic E-state index is 11.3. The molecule has 9 nitrogen and oxygen atoms in total. The van der Waals surface area contributed by atoms with E-state index in [0.717, 1.165) is 23.3 Å². The highest BCUT2D eigenvalue weighted by Crippen LogP contribution is 2.35. The Kier molecular flexibility index (Phi) is 8.61. The van der Waals surface area contributed by atoms with Crippen molar-refractivity contribution in [1.29, 1.82) is 0 Å². The Balaban J connectivity index is 1.47. The number of benzene rings is 2.